The van der Waals surface area contributed by atoms with Crippen LogP contribution in [-0.2, 0) is 9.59 Å². The van der Waals surface area contributed by atoms with Crippen LogP contribution in [0.4, 0.5) is 4.39 Å². The molecule has 0 radical (unpaired) electrons. The van der Waals surface area contributed by atoms with E-state index in [4.69, 9.17) is 0 Å². The lowest BCUT2D eigenvalue weighted by Crippen LogP contribution is -2.33. The summed E-state index contributed by atoms with van der Waals surface area (Å²) in [6.45, 7) is 4.00. The van der Waals surface area contributed by atoms with E-state index in [2.05, 4.69) is 5.32 Å². The maximum atomic E-state index is 13.0. The number of thiophene rings is 1. The van der Waals surface area contributed by atoms with Crippen molar-refractivity contribution in [1.29, 1.82) is 0 Å². The summed E-state index contributed by atoms with van der Waals surface area (Å²) in [7, 11) is 0. The van der Waals surface area contributed by atoms with E-state index in [1.54, 1.807) is 11.3 Å². The maximum Gasteiger partial charge on any atom is 0.311 e. The van der Waals surface area contributed by atoms with Crippen molar-refractivity contribution >= 4 is 23.2 Å². The third-order valence-corrected chi connectivity index (χ3v) is 4.75. The molecule has 1 heterocycles. The average molecular weight is 349 g/mol. The molecule has 0 aliphatic heterocycles. The molecular formula is C18H20FNO3S. The van der Waals surface area contributed by atoms with Crippen molar-refractivity contribution in [2.75, 3.05) is 0 Å². The summed E-state index contributed by atoms with van der Waals surface area (Å²) in [5, 5.41) is 14.3. The van der Waals surface area contributed by atoms with Crippen molar-refractivity contribution in [3.63, 3.8) is 0 Å². The van der Waals surface area contributed by atoms with Crippen LogP contribution in [0, 0.1) is 11.7 Å². The van der Waals surface area contributed by atoms with Crippen LogP contribution in [0.1, 0.15) is 42.7 Å². The van der Waals surface area contributed by atoms with Crippen LogP contribution in [0.3, 0.4) is 0 Å². The number of amides is 1. The van der Waals surface area contributed by atoms with Gasteiger partial charge >= 0.3 is 5.97 Å². The van der Waals surface area contributed by atoms with Crippen LogP contribution in [0.5, 0.6) is 0 Å². The quantitative estimate of drug-likeness (QED) is 0.795. The van der Waals surface area contributed by atoms with Gasteiger partial charge in [0.15, 0.2) is 0 Å². The van der Waals surface area contributed by atoms with Crippen LogP contribution in [-0.4, -0.2) is 17.0 Å². The van der Waals surface area contributed by atoms with Gasteiger partial charge in [0.25, 0.3) is 0 Å². The topological polar surface area (TPSA) is 66.4 Å². The number of carboxylic acids is 1. The van der Waals surface area contributed by atoms with Crippen molar-refractivity contribution in [2.24, 2.45) is 5.92 Å². The highest BCUT2D eigenvalue weighted by Gasteiger charge is 2.26. The van der Waals surface area contributed by atoms with Crippen molar-refractivity contribution < 1.29 is 19.1 Å². The Kier molecular flexibility index (Phi) is 6.09. The minimum absolute atomic E-state index is 0.153. The SMILES string of the molecule is CC(C)C(NC(=O)CC(C(=O)O)c1ccc(F)cc1)c1cccs1. The predicted octanol–water partition coefficient (Wildman–Crippen LogP) is 3.96. The number of rotatable bonds is 7. The number of nitrogens with one attached hydrogen (secondary N) is 1. The molecule has 1 aromatic heterocycles. The summed E-state index contributed by atoms with van der Waals surface area (Å²) < 4.78 is 13.0. The molecule has 1 amide bonds. The second kappa shape index (κ2) is 8.06. The summed E-state index contributed by atoms with van der Waals surface area (Å²) in [6.07, 6.45) is -0.185. The highest BCUT2D eigenvalue weighted by atomic mass is 32.1. The molecule has 2 atom stereocenters. The molecule has 1 aromatic carbocycles. The molecule has 0 saturated carbocycles. The van der Waals surface area contributed by atoms with E-state index in [1.807, 2.05) is 31.4 Å². The van der Waals surface area contributed by atoms with E-state index >= 15 is 0 Å². The molecule has 0 bridgehead atoms. The number of halogens is 1. The first kappa shape index (κ1) is 18.1. The molecule has 4 nitrogen and oxygen atoms in total. The summed E-state index contributed by atoms with van der Waals surface area (Å²) in [5.41, 5.74) is 0.413. The fourth-order valence-corrected chi connectivity index (χ4v) is 3.44. The van der Waals surface area contributed by atoms with Crippen LogP contribution in [0.25, 0.3) is 0 Å². The molecule has 0 spiro atoms. The minimum Gasteiger partial charge on any atom is -0.481 e. The van der Waals surface area contributed by atoms with Crippen LogP contribution < -0.4 is 5.32 Å². The van der Waals surface area contributed by atoms with E-state index < -0.39 is 17.7 Å². The molecule has 128 valence electrons. The lowest BCUT2D eigenvalue weighted by atomic mass is 9.94. The van der Waals surface area contributed by atoms with Crippen LogP contribution >= 0.6 is 11.3 Å². The maximum absolute atomic E-state index is 13.0. The number of carbonyl (C=O) groups is 2. The van der Waals surface area contributed by atoms with Gasteiger partial charge < -0.3 is 10.4 Å². The highest BCUT2D eigenvalue weighted by molar-refractivity contribution is 7.10. The van der Waals surface area contributed by atoms with E-state index in [0.717, 1.165) is 4.88 Å². The Morgan fingerprint density at radius 1 is 1.21 bits per heavy atom. The third kappa shape index (κ3) is 4.64. The Bertz CT molecular complexity index is 683. The van der Waals surface area contributed by atoms with Gasteiger partial charge in [0.1, 0.15) is 5.82 Å². The van der Waals surface area contributed by atoms with Gasteiger partial charge in [-0.2, -0.15) is 0 Å². The van der Waals surface area contributed by atoms with Gasteiger partial charge in [0, 0.05) is 11.3 Å². The molecule has 0 saturated heterocycles. The zero-order chi connectivity index (χ0) is 17.7. The van der Waals surface area contributed by atoms with Gasteiger partial charge in [0.2, 0.25) is 5.91 Å². The first-order valence-electron chi connectivity index (χ1n) is 7.69. The summed E-state index contributed by atoms with van der Waals surface area (Å²) in [5.74, 6) is -2.69. The number of carbonyl (C=O) groups excluding carboxylic acids is 1. The van der Waals surface area contributed by atoms with Gasteiger partial charge in [0.05, 0.1) is 12.0 Å². The highest BCUT2D eigenvalue weighted by Crippen LogP contribution is 2.27. The Hall–Kier alpha value is -2.21. The molecule has 24 heavy (non-hydrogen) atoms. The fraction of sp³-hybridized carbons (Fsp3) is 0.333. The van der Waals surface area contributed by atoms with Crippen LogP contribution in [0.15, 0.2) is 41.8 Å². The van der Waals surface area contributed by atoms with E-state index in [9.17, 15) is 19.1 Å². The number of benzene rings is 1. The number of hydrogen-bond donors (Lipinski definition) is 2. The Morgan fingerprint density at radius 3 is 2.38 bits per heavy atom. The standard InChI is InChI=1S/C18H20FNO3S/c1-11(2)17(15-4-3-9-24-15)20-16(21)10-14(18(22)23)12-5-7-13(19)8-6-12/h3-9,11,14,17H,10H2,1-2H3,(H,20,21)(H,22,23). The molecule has 2 rings (SSSR count). The Labute approximate surface area is 144 Å². The van der Waals surface area contributed by atoms with E-state index in [1.165, 1.54) is 24.3 Å². The summed E-state index contributed by atoms with van der Waals surface area (Å²) in [6, 6.07) is 8.92. The molecule has 2 N–H and O–H groups in total. The summed E-state index contributed by atoms with van der Waals surface area (Å²) in [4.78, 5) is 24.9. The zero-order valence-electron chi connectivity index (χ0n) is 13.5. The molecule has 0 aliphatic carbocycles. The Balaban J connectivity index is 2.10. The number of carboxylic acid groups (broad SMARTS) is 1. The molecule has 2 aromatic rings. The monoisotopic (exact) mass is 349 g/mol. The summed E-state index contributed by atoms with van der Waals surface area (Å²) >= 11 is 1.55. The largest absolute Gasteiger partial charge is 0.481 e. The van der Waals surface area contributed by atoms with Crippen molar-refractivity contribution in [3.8, 4) is 0 Å². The molecule has 2 unspecified atom stereocenters. The number of aliphatic carboxylic acids is 1. The van der Waals surface area contributed by atoms with Gasteiger partial charge in [-0.3, -0.25) is 9.59 Å². The lowest BCUT2D eigenvalue weighted by molar-refractivity contribution is -0.141. The molecule has 0 aliphatic rings. The van der Waals surface area contributed by atoms with Gasteiger partial charge in [-0.15, -0.1) is 11.3 Å². The molecule has 6 heteroatoms. The zero-order valence-corrected chi connectivity index (χ0v) is 14.3. The van der Waals surface area contributed by atoms with Gasteiger partial charge in [-0.1, -0.05) is 32.0 Å². The van der Waals surface area contributed by atoms with Crippen molar-refractivity contribution in [2.45, 2.75) is 32.2 Å². The molecule has 0 fully saturated rings. The average Bonchev–Trinajstić information content (AvgIpc) is 3.05. The second-order valence-electron chi connectivity index (χ2n) is 5.95. The van der Waals surface area contributed by atoms with Gasteiger partial charge in [-0.25, -0.2) is 4.39 Å². The third-order valence-electron chi connectivity index (χ3n) is 3.79. The van der Waals surface area contributed by atoms with Gasteiger partial charge in [-0.05, 0) is 35.1 Å². The molecular weight excluding hydrogens is 329 g/mol. The first-order valence-corrected chi connectivity index (χ1v) is 8.57. The fourth-order valence-electron chi connectivity index (χ4n) is 2.50. The normalized spacial score (nSPS) is 13.5. The van der Waals surface area contributed by atoms with E-state index in [0.29, 0.717) is 5.56 Å². The predicted molar refractivity (Wildman–Crippen MR) is 91.4 cm³/mol. The van der Waals surface area contributed by atoms with Crippen molar-refractivity contribution in [3.05, 3.63) is 58.0 Å². The smallest absolute Gasteiger partial charge is 0.311 e. The lowest BCUT2D eigenvalue weighted by Gasteiger charge is -2.22. The van der Waals surface area contributed by atoms with E-state index in [-0.39, 0.29) is 24.3 Å². The second-order valence-corrected chi connectivity index (χ2v) is 6.93. The number of hydrogen-bond acceptors (Lipinski definition) is 3. The first-order chi connectivity index (χ1) is 11.4. The Morgan fingerprint density at radius 2 is 1.88 bits per heavy atom. The van der Waals surface area contributed by atoms with Crippen molar-refractivity contribution in [1.82, 2.24) is 5.32 Å². The minimum atomic E-state index is -1.10. The van der Waals surface area contributed by atoms with Crippen LogP contribution in [0.2, 0.25) is 0 Å².